The Morgan fingerprint density at radius 2 is 1.70 bits per heavy atom. The third kappa shape index (κ3) is 3.50. The normalized spacial score (nSPS) is 19.8. The van der Waals surface area contributed by atoms with E-state index >= 15 is 0 Å². The van der Waals surface area contributed by atoms with Gasteiger partial charge in [-0.2, -0.15) is 4.31 Å². The van der Waals surface area contributed by atoms with Crippen molar-refractivity contribution < 1.29 is 13.2 Å². The number of carbonyl (C=O) groups excluding carboxylic acids is 1. The zero-order valence-electron chi connectivity index (χ0n) is 18.1. The van der Waals surface area contributed by atoms with E-state index in [1.165, 1.54) is 16.8 Å². The van der Waals surface area contributed by atoms with E-state index < -0.39 is 10.0 Å². The highest BCUT2D eigenvalue weighted by Crippen LogP contribution is 2.35. The monoisotopic (exact) mass is 427 g/mol. The molecule has 1 atom stereocenters. The summed E-state index contributed by atoms with van der Waals surface area (Å²) in [6.45, 7) is 10.0. The molecule has 2 aliphatic heterocycles. The fourth-order valence-corrected chi connectivity index (χ4v) is 6.12. The number of amides is 1. The summed E-state index contributed by atoms with van der Waals surface area (Å²) in [4.78, 5) is 16.3. The van der Waals surface area contributed by atoms with Crippen LogP contribution in [-0.4, -0.2) is 50.9 Å². The summed E-state index contributed by atoms with van der Waals surface area (Å²) in [6, 6.07) is 11.5. The average Bonchev–Trinajstić information content (AvgIpc) is 3.05. The predicted molar refractivity (Wildman–Crippen MR) is 120 cm³/mol. The van der Waals surface area contributed by atoms with Gasteiger partial charge in [0.2, 0.25) is 15.9 Å². The molecule has 1 fully saturated rings. The summed E-state index contributed by atoms with van der Waals surface area (Å²) in [7, 11) is -3.56. The van der Waals surface area contributed by atoms with Gasteiger partial charge in [0.15, 0.2) is 0 Å². The number of aryl methyl sites for hydroxylation is 1. The number of benzene rings is 2. The molecule has 160 valence electrons. The van der Waals surface area contributed by atoms with Gasteiger partial charge in [0, 0.05) is 50.5 Å². The van der Waals surface area contributed by atoms with Crippen molar-refractivity contribution in [2.75, 3.05) is 36.0 Å². The minimum atomic E-state index is -3.56. The fourth-order valence-electron chi connectivity index (χ4n) is 4.64. The average molecular weight is 428 g/mol. The zero-order valence-corrected chi connectivity index (χ0v) is 18.9. The fraction of sp³-hybridized carbons (Fsp3) is 0.435. The molecule has 1 unspecified atom stereocenters. The predicted octanol–water partition coefficient (Wildman–Crippen LogP) is 3.11. The number of carbonyl (C=O) groups is 1. The molecular formula is C23H29N3O3S. The number of fused-ring (bicyclic) bond motifs is 1. The van der Waals surface area contributed by atoms with Crippen molar-refractivity contribution in [1.29, 1.82) is 0 Å². The molecule has 7 heteroatoms. The SMILES string of the molecule is CC(=O)N1c2ccc(S(=O)(=O)N3CCN(c4cccc(C)c4C)CC3)cc2CC1C. The molecule has 4 rings (SSSR count). The van der Waals surface area contributed by atoms with Crippen LogP contribution in [-0.2, 0) is 21.2 Å². The maximum Gasteiger partial charge on any atom is 0.243 e. The van der Waals surface area contributed by atoms with Gasteiger partial charge >= 0.3 is 0 Å². The topological polar surface area (TPSA) is 60.9 Å². The van der Waals surface area contributed by atoms with Crippen LogP contribution in [0.15, 0.2) is 41.3 Å². The lowest BCUT2D eigenvalue weighted by Gasteiger charge is -2.36. The van der Waals surface area contributed by atoms with E-state index in [0.29, 0.717) is 37.5 Å². The number of piperazine rings is 1. The zero-order chi connectivity index (χ0) is 21.6. The van der Waals surface area contributed by atoms with Crippen LogP contribution in [0.2, 0.25) is 0 Å². The first kappa shape index (κ1) is 20.9. The molecule has 1 amide bonds. The van der Waals surface area contributed by atoms with Crippen LogP contribution in [0.3, 0.4) is 0 Å². The third-order valence-corrected chi connectivity index (χ3v) is 8.29. The van der Waals surface area contributed by atoms with Gasteiger partial charge in [-0.3, -0.25) is 4.79 Å². The Hall–Kier alpha value is -2.38. The van der Waals surface area contributed by atoms with Gasteiger partial charge in [-0.15, -0.1) is 0 Å². The Morgan fingerprint density at radius 1 is 1.00 bits per heavy atom. The highest BCUT2D eigenvalue weighted by atomic mass is 32.2. The van der Waals surface area contributed by atoms with Crippen LogP contribution in [0.5, 0.6) is 0 Å². The molecule has 1 saturated heterocycles. The van der Waals surface area contributed by atoms with Crippen molar-refractivity contribution in [3.8, 4) is 0 Å². The first-order valence-electron chi connectivity index (χ1n) is 10.4. The maximum atomic E-state index is 13.3. The minimum Gasteiger partial charge on any atom is -0.369 e. The van der Waals surface area contributed by atoms with Crippen molar-refractivity contribution in [3.05, 3.63) is 53.1 Å². The Balaban J connectivity index is 1.53. The lowest BCUT2D eigenvalue weighted by Crippen LogP contribution is -2.48. The quantitative estimate of drug-likeness (QED) is 0.755. The van der Waals surface area contributed by atoms with Gasteiger partial charge in [0.1, 0.15) is 0 Å². The third-order valence-electron chi connectivity index (χ3n) is 6.40. The van der Waals surface area contributed by atoms with E-state index in [0.717, 1.165) is 11.3 Å². The molecule has 0 aromatic heterocycles. The first-order chi connectivity index (χ1) is 14.2. The van der Waals surface area contributed by atoms with Crippen LogP contribution >= 0.6 is 0 Å². The first-order valence-corrected chi connectivity index (χ1v) is 11.9. The Morgan fingerprint density at radius 3 is 2.37 bits per heavy atom. The van der Waals surface area contributed by atoms with Crippen LogP contribution in [0.25, 0.3) is 0 Å². The number of hydrogen-bond donors (Lipinski definition) is 0. The summed E-state index contributed by atoms with van der Waals surface area (Å²) >= 11 is 0. The molecule has 2 heterocycles. The van der Waals surface area contributed by atoms with Crippen molar-refractivity contribution >= 4 is 27.3 Å². The number of rotatable bonds is 3. The van der Waals surface area contributed by atoms with Crippen molar-refractivity contribution in [3.63, 3.8) is 0 Å². The molecule has 2 aromatic carbocycles. The molecular weight excluding hydrogens is 398 g/mol. The molecule has 2 aliphatic rings. The van der Waals surface area contributed by atoms with Crippen molar-refractivity contribution in [2.45, 2.75) is 45.1 Å². The van der Waals surface area contributed by atoms with Gasteiger partial charge in [-0.05, 0) is 68.1 Å². The molecule has 0 bridgehead atoms. The number of hydrogen-bond acceptors (Lipinski definition) is 4. The molecule has 2 aromatic rings. The van der Waals surface area contributed by atoms with E-state index in [4.69, 9.17) is 0 Å². The molecule has 6 nitrogen and oxygen atoms in total. The van der Waals surface area contributed by atoms with E-state index in [1.807, 2.05) is 6.92 Å². The molecule has 0 spiro atoms. The van der Waals surface area contributed by atoms with E-state index in [9.17, 15) is 13.2 Å². The molecule has 0 radical (unpaired) electrons. The van der Waals surface area contributed by atoms with Crippen LogP contribution < -0.4 is 9.80 Å². The highest BCUT2D eigenvalue weighted by molar-refractivity contribution is 7.89. The van der Waals surface area contributed by atoms with Gasteiger partial charge in [-0.25, -0.2) is 8.42 Å². The highest BCUT2D eigenvalue weighted by Gasteiger charge is 2.33. The minimum absolute atomic E-state index is 0.0144. The standard InChI is InChI=1S/C23H29N3O3S/c1-16-6-5-7-22(18(16)3)24-10-12-25(13-11-24)30(28,29)21-8-9-23-20(15-21)14-17(2)26(23)19(4)27/h5-9,15,17H,10-14H2,1-4H3. The number of nitrogens with zero attached hydrogens (tertiary/aromatic N) is 3. The van der Waals surface area contributed by atoms with Crippen molar-refractivity contribution in [1.82, 2.24) is 4.31 Å². The Bertz CT molecular complexity index is 1090. The Kier molecular flexibility index (Phi) is 5.36. The van der Waals surface area contributed by atoms with Crippen molar-refractivity contribution in [2.24, 2.45) is 0 Å². The van der Waals surface area contributed by atoms with Crippen LogP contribution in [0.1, 0.15) is 30.5 Å². The molecule has 0 saturated carbocycles. The number of sulfonamides is 1. The molecule has 0 aliphatic carbocycles. The summed E-state index contributed by atoms with van der Waals surface area (Å²) < 4.78 is 28.1. The molecule has 30 heavy (non-hydrogen) atoms. The van der Waals surface area contributed by atoms with Crippen LogP contribution in [0, 0.1) is 13.8 Å². The van der Waals surface area contributed by atoms with Gasteiger partial charge in [0.05, 0.1) is 4.90 Å². The Labute approximate surface area is 179 Å². The molecule has 0 N–H and O–H groups in total. The van der Waals surface area contributed by atoms with Crippen LogP contribution in [0.4, 0.5) is 11.4 Å². The summed E-state index contributed by atoms with van der Waals surface area (Å²) in [6.07, 6.45) is 0.679. The maximum absolute atomic E-state index is 13.3. The van der Waals surface area contributed by atoms with E-state index in [2.05, 4.69) is 36.9 Å². The van der Waals surface area contributed by atoms with E-state index in [-0.39, 0.29) is 11.9 Å². The van der Waals surface area contributed by atoms with Gasteiger partial charge in [0.25, 0.3) is 0 Å². The second-order valence-corrected chi connectivity index (χ2v) is 10.3. The number of anilines is 2. The lowest BCUT2D eigenvalue weighted by atomic mass is 10.1. The van der Waals surface area contributed by atoms with Gasteiger partial charge in [-0.1, -0.05) is 12.1 Å². The summed E-state index contributed by atoms with van der Waals surface area (Å²) in [5, 5.41) is 0. The van der Waals surface area contributed by atoms with Gasteiger partial charge < -0.3 is 9.80 Å². The second kappa shape index (κ2) is 7.71. The summed E-state index contributed by atoms with van der Waals surface area (Å²) in [5.74, 6) is -0.0144. The van der Waals surface area contributed by atoms with E-state index in [1.54, 1.807) is 34.3 Å². The lowest BCUT2D eigenvalue weighted by molar-refractivity contribution is -0.116. The smallest absolute Gasteiger partial charge is 0.243 e. The largest absolute Gasteiger partial charge is 0.369 e. The summed E-state index contributed by atoms with van der Waals surface area (Å²) in [5.41, 5.74) is 5.43. The second-order valence-electron chi connectivity index (χ2n) is 8.34.